The van der Waals surface area contributed by atoms with Crippen LogP contribution in [0.15, 0.2) is 72.9 Å². The van der Waals surface area contributed by atoms with Gasteiger partial charge in [0.25, 0.3) is 0 Å². The van der Waals surface area contributed by atoms with Crippen LogP contribution in [-0.2, 0) is 17.9 Å². The average Bonchev–Trinajstić information content (AvgIpc) is 3.20. The molecular weight excluding hydrogens is 392 g/mol. The molecule has 0 N–H and O–H groups in total. The molecule has 0 aliphatic carbocycles. The first-order valence-electron chi connectivity index (χ1n) is 10.8. The van der Waals surface area contributed by atoms with E-state index in [1.54, 1.807) is 0 Å². The number of benzene rings is 2. The Bertz CT molecular complexity index is 935. The summed E-state index contributed by atoms with van der Waals surface area (Å²) in [6.07, 6.45) is 4.93. The molecule has 0 saturated carbocycles. The second kappa shape index (κ2) is 11.0. The molecule has 1 atom stereocenters. The zero-order valence-corrected chi connectivity index (χ0v) is 18.7. The van der Waals surface area contributed by atoms with Crippen molar-refractivity contribution in [2.45, 2.75) is 52.1 Å². The maximum atomic E-state index is 13.5. The van der Waals surface area contributed by atoms with Crippen molar-refractivity contribution < 1.29 is 4.79 Å². The number of unbranched alkanes of at least 4 members (excludes halogenated alkanes) is 1. The van der Waals surface area contributed by atoms with E-state index >= 15 is 0 Å². The highest BCUT2D eigenvalue weighted by Crippen LogP contribution is 2.24. The van der Waals surface area contributed by atoms with Crippen LogP contribution in [-0.4, -0.2) is 21.9 Å². The lowest BCUT2D eigenvalue weighted by Crippen LogP contribution is -2.36. The van der Waals surface area contributed by atoms with Crippen molar-refractivity contribution in [1.29, 1.82) is 0 Å². The number of hydrogen-bond acceptors (Lipinski definition) is 1. The normalized spacial score (nSPS) is 12.0. The van der Waals surface area contributed by atoms with Gasteiger partial charge in [-0.05, 0) is 42.2 Å². The fraction of sp³-hybridized carbons (Fsp3) is 0.346. The van der Waals surface area contributed by atoms with Gasteiger partial charge < -0.3 is 9.47 Å². The Morgan fingerprint density at radius 3 is 2.43 bits per heavy atom. The van der Waals surface area contributed by atoms with Crippen LogP contribution in [0.1, 0.15) is 55.8 Å². The Balaban J connectivity index is 1.81. The summed E-state index contributed by atoms with van der Waals surface area (Å²) in [6, 6.07) is 22.2. The highest BCUT2D eigenvalue weighted by molar-refractivity contribution is 6.31. The summed E-state index contributed by atoms with van der Waals surface area (Å²) in [5.74, 6) is 0.109. The van der Waals surface area contributed by atoms with Crippen molar-refractivity contribution in [2.75, 3.05) is 6.54 Å². The number of carbonyl (C=O) groups excluding carboxylic acids is 1. The van der Waals surface area contributed by atoms with E-state index in [9.17, 15) is 4.79 Å². The maximum Gasteiger partial charge on any atom is 0.230 e. The third kappa shape index (κ3) is 5.54. The Hall–Kier alpha value is -2.52. The van der Waals surface area contributed by atoms with E-state index in [1.807, 2.05) is 47.4 Å². The standard InChI is InChI=1S/C26H31ClN2O/c1-3-5-17-29(26(30)24(4-2)21-12-7-6-8-13-21)20-23-15-11-18-28(23)19-22-14-9-10-16-25(22)27/h6-16,18,24H,3-5,17,19-20H2,1-2H3/t24-/m1/s1. The SMILES string of the molecule is CCCCN(Cc1cccn1Cc1ccccc1Cl)C(=O)[C@H](CC)c1ccccc1. The molecule has 0 radical (unpaired) electrons. The average molecular weight is 423 g/mol. The summed E-state index contributed by atoms with van der Waals surface area (Å²) >= 11 is 6.37. The van der Waals surface area contributed by atoms with Gasteiger partial charge >= 0.3 is 0 Å². The van der Waals surface area contributed by atoms with E-state index in [0.29, 0.717) is 13.1 Å². The zero-order chi connectivity index (χ0) is 21.3. The molecular formula is C26H31ClN2O. The number of rotatable bonds is 10. The van der Waals surface area contributed by atoms with E-state index in [2.05, 4.69) is 48.9 Å². The lowest BCUT2D eigenvalue weighted by molar-refractivity contribution is -0.133. The van der Waals surface area contributed by atoms with Crippen LogP contribution in [0.25, 0.3) is 0 Å². The number of aromatic nitrogens is 1. The molecule has 2 aromatic carbocycles. The molecule has 4 heteroatoms. The second-order valence-corrected chi connectivity index (χ2v) is 8.11. The Morgan fingerprint density at radius 2 is 1.73 bits per heavy atom. The van der Waals surface area contributed by atoms with Gasteiger partial charge in [0.2, 0.25) is 5.91 Å². The first-order chi connectivity index (χ1) is 14.6. The van der Waals surface area contributed by atoms with Gasteiger partial charge in [-0.25, -0.2) is 0 Å². The fourth-order valence-electron chi connectivity index (χ4n) is 3.83. The molecule has 3 aromatic rings. The lowest BCUT2D eigenvalue weighted by Gasteiger charge is -2.28. The van der Waals surface area contributed by atoms with E-state index in [4.69, 9.17) is 11.6 Å². The molecule has 0 aliphatic heterocycles. The lowest BCUT2D eigenvalue weighted by atomic mass is 9.95. The molecule has 1 aromatic heterocycles. The van der Waals surface area contributed by atoms with Gasteiger partial charge in [-0.15, -0.1) is 0 Å². The van der Waals surface area contributed by atoms with E-state index in [0.717, 1.165) is 47.7 Å². The fourth-order valence-corrected chi connectivity index (χ4v) is 4.02. The Labute approximate surface area is 185 Å². The van der Waals surface area contributed by atoms with Crippen LogP contribution in [0, 0.1) is 0 Å². The molecule has 1 heterocycles. The van der Waals surface area contributed by atoms with Gasteiger partial charge in [0.15, 0.2) is 0 Å². The molecule has 0 aliphatic rings. The molecule has 158 valence electrons. The molecule has 30 heavy (non-hydrogen) atoms. The minimum Gasteiger partial charge on any atom is -0.345 e. The monoisotopic (exact) mass is 422 g/mol. The summed E-state index contributed by atoms with van der Waals surface area (Å²) in [5, 5.41) is 0.770. The molecule has 0 unspecified atom stereocenters. The summed E-state index contributed by atoms with van der Waals surface area (Å²) in [7, 11) is 0. The van der Waals surface area contributed by atoms with Crippen molar-refractivity contribution in [3.05, 3.63) is 94.8 Å². The van der Waals surface area contributed by atoms with Crippen LogP contribution < -0.4 is 0 Å². The summed E-state index contributed by atoms with van der Waals surface area (Å²) in [5.41, 5.74) is 3.30. The number of amides is 1. The predicted molar refractivity (Wildman–Crippen MR) is 125 cm³/mol. The van der Waals surface area contributed by atoms with Crippen molar-refractivity contribution in [3.63, 3.8) is 0 Å². The molecule has 3 nitrogen and oxygen atoms in total. The first kappa shape index (κ1) is 22.2. The molecule has 1 amide bonds. The van der Waals surface area contributed by atoms with Crippen LogP contribution in [0.4, 0.5) is 0 Å². The number of nitrogens with zero attached hydrogens (tertiary/aromatic N) is 2. The van der Waals surface area contributed by atoms with Crippen molar-refractivity contribution in [1.82, 2.24) is 9.47 Å². The van der Waals surface area contributed by atoms with Gasteiger partial charge in [-0.1, -0.05) is 80.4 Å². The molecule has 0 saturated heterocycles. The van der Waals surface area contributed by atoms with E-state index < -0.39 is 0 Å². The van der Waals surface area contributed by atoms with Gasteiger partial charge in [-0.2, -0.15) is 0 Å². The molecule has 0 bridgehead atoms. The van der Waals surface area contributed by atoms with Crippen molar-refractivity contribution in [2.24, 2.45) is 0 Å². The highest BCUT2D eigenvalue weighted by atomic mass is 35.5. The summed E-state index contributed by atoms with van der Waals surface area (Å²) in [4.78, 5) is 15.6. The van der Waals surface area contributed by atoms with E-state index in [1.165, 1.54) is 0 Å². The third-order valence-electron chi connectivity index (χ3n) is 5.58. The van der Waals surface area contributed by atoms with Crippen LogP contribution >= 0.6 is 11.6 Å². The van der Waals surface area contributed by atoms with Gasteiger partial charge in [0.1, 0.15) is 0 Å². The van der Waals surface area contributed by atoms with Crippen molar-refractivity contribution >= 4 is 17.5 Å². The molecule has 3 rings (SSSR count). The highest BCUT2D eigenvalue weighted by Gasteiger charge is 2.25. The van der Waals surface area contributed by atoms with Gasteiger partial charge in [0, 0.05) is 30.0 Å². The number of carbonyl (C=O) groups is 1. The molecule has 0 spiro atoms. The largest absolute Gasteiger partial charge is 0.345 e. The Morgan fingerprint density at radius 1 is 1.00 bits per heavy atom. The predicted octanol–water partition coefficient (Wildman–Crippen LogP) is 6.51. The quantitative estimate of drug-likeness (QED) is 0.365. The molecule has 0 fully saturated rings. The maximum absolute atomic E-state index is 13.5. The summed E-state index contributed by atoms with van der Waals surface area (Å²) < 4.78 is 2.19. The van der Waals surface area contributed by atoms with E-state index in [-0.39, 0.29) is 11.8 Å². The smallest absolute Gasteiger partial charge is 0.230 e. The van der Waals surface area contributed by atoms with Gasteiger partial charge in [0.05, 0.1) is 12.5 Å². The number of halogens is 1. The number of hydrogen-bond donors (Lipinski definition) is 0. The minimum absolute atomic E-state index is 0.102. The van der Waals surface area contributed by atoms with Crippen LogP contribution in [0.3, 0.4) is 0 Å². The summed E-state index contributed by atoms with van der Waals surface area (Å²) in [6.45, 7) is 6.34. The zero-order valence-electron chi connectivity index (χ0n) is 17.9. The van der Waals surface area contributed by atoms with Gasteiger partial charge in [-0.3, -0.25) is 4.79 Å². The van der Waals surface area contributed by atoms with Crippen LogP contribution in [0.5, 0.6) is 0 Å². The second-order valence-electron chi connectivity index (χ2n) is 7.70. The van der Waals surface area contributed by atoms with Crippen molar-refractivity contribution in [3.8, 4) is 0 Å². The van der Waals surface area contributed by atoms with Crippen LogP contribution in [0.2, 0.25) is 5.02 Å². The third-order valence-corrected chi connectivity index (χ3v) is 5.95. The Kier molecular flexibility index (Phi) is 8.15. The topological polar surface area (TPSA) is 25.2 Å². The minimum atomic E-state index is -0.102. The first-order valence-corrected chi connectivity index (χ1v) is 11.2.